The molecule has 1 aliphatic carbocycles. The molecule has 0 bridgehead atoms. The lowest BCUT2D eigenvalue weighted by Crippen LogP contribution is -2.31. The zero-order valence-electron chi connectivity index (χ0n) is 15.6. The van der Waals surface area contributed by atoms with Crippen molar-refractivity contribution in [2.75, 3.05) is 33.7 Å². The molecule has 0 fully saturated rings. The van der Waals surface area contributed by atoms with Crippen LogP contribution in [0.2, 0.25) is 0 Å². The third-order valence-corrected chi connectivity index (χ3v) is 5.87. The van der Waals surface area contributed by atoms with Crippen LogP contribution in [0.15, 0.2) is 40.8 Å². The highest BCUT2D eigenvalue weighted by Crippen LogP contribution is 2.19. The number of amides is 1. The van der Waals surface area contributed by atoms with E-state index < -0.39 is 10.0 Å². The van der Waals surface area contributed by atoms with E-state index in [0.29, 0.717) is 18.7 Å². The van der Waals surface area contributed by atoms with Crippen LogP contribution in [0.1, 0.15) is 42.5 Å². The highest BCUT2D eigenvalue weighted by atomic mass is 32.2. The number of carbonyl (C=O) groups is 1. The molecule has 0 spiro atoms. The number of carbonyl (C=O) groups excluding carboxylic acids is 1. The third kappa shape index (κ3) is 6.55. The molecule has 1 aromatic carbocycles. The van der Waals surface area contributed by atoms with Crippen LogP contribution in [0, 0.1) is 0 Å². The number of hydrogen-bond acceptors (Lipinski definition) is 4. The molecule has 0 radical (unpaired) electrons. The SMILES string of the molecule is CN(C)CCNC(=O)c1ccc(S(=O)(=O)NCCC2=CCCCC2)cc1. The minimum atomic E-state index is -3.55. The van der Waals surface area contributed by atoms with Crippen molar-refractivity contribution in [1.82, 2.24) is 14.9 Å². The molecule has 7 heteroatoms. The average molecular weight is 380 g/mol. The van der Waals surface area contributed by atoms with Crippen molar-refractivity contribution >= 4 is 15.9 Å². The molecule has 0 saturated carbocycles. The maximum absolute atomic E-state index is 12.4. The molecular formula is C19H29N3O3S. The first kappa shape index (κ1) is 20.6. The highest BCUT2D eigenvalue weighted by Gasteiger charge is 2.15. The number of allylic oxidation sites excluding steroid dienone is 1. The molecule has 0 aliphatic heterocycles. The van der Waals surface area contributed by atoms with E-state index >= 15 is 0 Å². The molecule has 2 rings (SSSR count). The molecule has 1 aromatic rings. The van der Waals surface area contributed by atoms with Crippen molar-refractivity contribution in [3.8, 4) is 0 Å². The number of sulfonamides is 1. The zero-order chi connectivity index (χ0) is 19.0. The first-order chi connectivity index (χ1) is 12.4. The Kier molecular flexibility index (Phi) is 7.81. The zero-order valence-corrected chi connectivity index (χ0v) is 16.4. The first-order valence-electron chi connectivity index (χ1n) is 9.09. The van der Waals surface area contributed by atoms with Crippen molar-refractivity contribution in [3.63, 3.8) is 0 Å². The quantitative estimate of drug-likeness (QED) is 0.645. The Morgan fingerprint density at radius 1 is 1.12 bits per heavy atom. The van der Waals surface area contributed by atoms with Crippen LogP contribution < -0.4 is 10.0 Å². The van der Waals surface area contributed by atoms with Gasteiger partial charge in [0.1, 0.15) is 0 Å². The maximum atomic E-state index is 12.4. The van der Waals surface area contributed by atoms with E-state index in [-0.39, 0.29) is 10.8 Å². The van der Waals surface area contributed by atoms with E-state index in [9.17, 15) is 13.2 Å². The summed E-state index contributed by atoms with van der Waals surface area (Å²) >= 11 is 0. The first-order valence-corrected chi connectivity index (χ1v) is 10.6. The normalized spacial score (nSPS) is 15.0. The number of likely N-dealkylation sites (N-methyl/N-ethyl adjacent to an activating group) is 1. The molecule has 0 saturated heterocycles. The molecule has 0 aromatic heterocycles. The van der Waals surface area contributed by atoms with Crippen LogP contribution in [-0.4, -0.2) is 53.0 Å². The minimum absolute atomic E-state index is 0.181. The number of hydrogen-bond donors (Lipinski definition) is 2. The summed E-state index contributed by atoms with van der Waals surface area (Å²) in [5, 5.41) is 2.81. The van der Waals surface area contributed by atoms with Crippen LogP contribution in [0.5, 0.6) is 0 Å². The number of nitrogens with zero attached hydrogens (tertiary/aromatic N) is 1. The lowest BCUT2D eigenvalue weighted by Gasteiger charge is -2.13. The molecule has 144 valence electrons. The Bertz CT molecular complexity index is 725. The summed E-state index contributed by atoms with van der Waals surface area (Å²) in [6.07, 6.45) is 7.56. The van der Waals surface area contributed by atoms with E-state index in [2.05, 4.69) is 16.1 Å². The molecule has 0 unspecified atom stereocenters. The summed E-state index contributed by atoms with van der Waals surface area (Å²) in [6.45, 7) is 1.70. The van der Waals surface area contributed by atoms with Gasteiger partial charge >= 0.3 is 0 Å². The Hall–Kier alpha value is -1.70. The van der Waals surface area contributed by atoms with Gasteiger partial charge in [-0.1, -0.05) is 11.6 Å². The molecular weight excluding hydrogens is 350 g/mol. The van der Waals surface area contributed by atoms with Gasteiger partial charge in [0, 0.05) is 25.2 Å². The van der Waals surface area contributed by atoms with Crippen molar-refractivity contribution in [2.24, 2.45) is 0 Å². The second kappa shape index (κ2) is 9.85. The monoisotopic (exact) mass is 379 g/mol. The Morgan fingerprint density at radius 3 is 2.46 bits per heavy atom. The number of rotatable bonds is 9. The van der Waals surface area contributed by atoms with Gasteiger partial charge in [0.25, 0.3) is 5.91 Å². The van der Waals surface area contributed by atoms with Crippen molar-refractivity contribution < 1.29 is 13.2 Å². The third-order valence-electron chi connectivity index (χ3n) is 4.39. The van der Waals surface area contributed by atoms with Gasteiger partial charge in [-0.05, 0) is 70.5 Å². The Balaban J connectivity index is 1.87. The molecule has 0 heterocycles. The summed E-state index contributed by atoms with van der Waals surface area (Å²) in [7, 11) is 0.321. The van der Waals surface area contributed by atoms with Crippen molar-refractivity contribution in [1.29, 1.82) is 0 Å². The van der Waals surface area contributed by atoms with Gasteiger partial charge in [0.15, 0.2) is 0 Å². The second-order valence-electron chi connectivity index (χ2n) is 6.84. The van der Waals surface area contributed by atoms with E-state index in [4.69, 9.17) is 0 Å². The minimum Gasteiger partial charge on any atom is -0.351 e. The lowest BCUT2D eigenvalue weighted by molar-refractivity contribution is 0.0951. The molecule has 1 amide bonds. The van der Waals surface area contributed by atoms with Gasteiger partial charge in [-0.2, -0.15) is 0 Å². The van der Waals surface area contributed by atoms with E-state index in [1.54, 1.807) is 12.1 Å². The summed E-state index contributed by atoms with van der Waals surface area (Å²) in [6, 6.07) is 6.04. The molecule has 26 heavy (non-hydrogen) atoms. The van der Waals surface area contributed by atoms with Gasteiger partial charge in [0.05, 0.1) is 4.90 Å². The fraction of sp³-hybridized carbons (Fsp3) is 0.526. The molecule has 2 N–H and O–H groups in total. The van der Waals surface area contributed by atoms with Crippen LogP contribution in [0.3, 0.4) is 0 Å². The van der Waals surface area contributed by atoms with Crippen LogP contribution in [0.25, 0.3) is 0 Å². The Labute approximate surface area is 156 Å². The van der Waals surface area contributed by atoms with Gasteiger partial charge < -0.3 is 10.2 Å². The summed E-state index contributed by atoms with van der Waals surface area (Å²) in [5.41, 5.74) is 1.79. The summed E-state index contributed by atoms with van der Waals surface area (Å²) < 4.78 is 27.4. The Morgan fingerprint density at radius 2 is 1.85 bits per heavy atom. The van der Waals surface area contributed by atoms with Gasteiger partial charge in [-0.15, -0.1) is 0 Å². The van der Waals surface area contributed by atoms with Crippen molar-refractivity contribution in [2.45, 2.75) is 37.0 Å². The van der Waals surface area contributed by atoms with Crippen LogP contribution in [-0.2, 0) is 10.0 Å². The largest absolute Gasteiger partial charge is 0.351 e. The molecule has 6 nitrogen and oxygen atoms in total. The van der Waals surface area contributed by atoms with Gasteiger partial charge in [-0.3, -0.25) is 4.79 Å². The van der Waals surface area contributed by atoms with Crippen LogP contribution >= 0.6 is 0 Å². The predicted molar refractivity (Wildman–Crippen MR) is 104 cm³/mol. The summed E-state index contributed by atoms with van der Waals surface area (Å²) in [5.74, 6) is -0.201. The average Bonchev–Trinajstić information content (AvgIpc) is 2.62. The molecule has 0 atom stereocenters. The topological polar surface area (TPSA) is 78.5 Å². The fourth-order valence-corrected chi connectivity index (χ4v) is 3.87. The standard InChI is InChI=1S/C19H29N3O3S/c1-22(2)15-14-20-19(23)17-8-10-18(11-9-17)26(24,25)21-13-12-16-6-4-3-5-7-16/h6,8-11,21H,3-5,7,12-15H2,1-2H3,(H,20,23). The smallest absolute Gasteiger partial charge is 0.251 e. The molecule has 1 aliphatic rings. The fourth-order valence-electron chi connectivity index (χ4n) is 2.84. The van der Waals surface area contributed by atoms with Crippen molar-refractivity contribution in [3.05, 3.63) is 41.5 Å². The van der Waals surface area contributed by atoms with E-state index in [0.717, 1.165) is 25.8 Å². The number of benzene rings is 1. The lowest BCUT2D eigenvalue weighted by atomic mass is 9.97. The van der Waals surface area contributed by atoms with E-state index in [1.807, 2.05) is 19.0 Å². The summed E-state index contributed by atoms with van der Waals surface area (Å²) in [4.78, 5) is 14.2. The second-order valence-corrected chi connectivity index (χ2v) is 8.61. The van der Waals surface area contributed by atoms with Gasteiger partial charge in [-0.25, -0.2) is 13.1 Å². The number of nitrogens with one attached hydrogen (secondary N) is 2. The predicted octanol–water partition coefficient (Wildman–Crippen LogP) is 2.15. The van der Waals surface area contributed by atoms with E-state index in [1.165, 1.54) is 30.5 Å². The van der Waals surface area contributed by atoms with Gasteiger partial charge in [0.2, 0.25) is 10.0 Å². The maximum Gasteiger partial charge on any atom is 0.251 e. The highest BCUT2D eigenvalue weighted by molar-refractivity contribution is 7.89. The van der Waals surface area contributed by atoms with Crippen LogP contribution in [0.4, 0.5) is 0 Å².